The lowest BCUT2D eigenvalue weighted by molar-refractivity contribution is -0.138. The number of rotatable bonds is 6. The van der Waals surface area contributed by atoms with Gasteiger partial charge in [-0.05, 0) is 36.4 Å². The summed E-state index contributed by atoms with van der Waals surface area (Å²) in [6.45, 7) is 0.481. The quantitative estimate of drug-likeness (QED) is 0.754. The minimum absolute atomic E-state index is 0.260. The Balaban J connectivity index is 2.49. The number of carbonyl (C=O) groups is 2. The Morgan fingerprint density at radius 2 is 1.74 bits per heavy atom. The molecule has 0 saturated heterocycles. The molecule has 7 nitrogen and oxygen atoms in total. The van der Waals surface area contributed by atoms with E-state index in [1.54, 1.807) is 0 Å². The summed E-state index contributed by atoms with van der Waals surface area (Å²) in [4.78, 5) is 22.4. The average molecular weight is 398 g/mol. The molecule has 0 aliphatic carbocycles. The number of anilines is 2. The molecule has 144 valence electrons. The van der Waals surface area contributed by atoms with Crippen molar-refractivity contribution in [2.45, 2.75) is 11.8 Å². The highest BCUT2D eigenvalue weighted by molar-refractivity contribution is 7.92. The lowest BCUT2D eigenvalue weighted by Crippen LogP contribution is -2.37. The van der Waals surface area contributed by atoms with Crippen molar-refractivity contribution in [1.82, 2.24) is 0 Å². The third kappa shape index (κ3) is 4.79. The predicted molar refractivity (Wildman–Crippen MR) is 93.7 cm³/mol. The number of nitrogens with zero attached hydrogens (tertiary/aromatic N) is 1. The third-order valence-electron chi connectivity index (χ3n) is 3.44. The number of ether oxygens (including phenoxy) is 1. The van der Waals surface area contributed by atoms with Crippen LogP contribution < -0.4 is 9.62 Å². The van der Waals surface area contributed by atoms with Gasteiger partial charge < -0.3 is 10.1 Å². The molecule has 0 aromatic heterocycles. The highest BCUT2D eigenvalue weighted by Gasteiger charge is 2.29. The fourth-order valence-corrected chi connectivity index (χ4v) is 3.62. The number of sulfonamides is 1. The van der Waals surface area contributed by atoms with Gasteiger partial charge in [0.05, 0.1) is 17.7 Å². The number of halogens is 2. The van der Waals surface area contributed by atoms with Gasteiger partial charge in [-0.25, -0.2) is 17.2 Å². The normalized spacial score (nSPS) is 11.0. The highest BCUT2D eigenvalue weighted by Crippen LogP contribution is 2.27. The van der Waals surface area contributed by atoms with Gasteiger partial charge in [0.1, 0.15) is 18.2 Å². The monoisotopic (exact) mass is 398 g/mol. The van der Waals surface area contributed by atoms with Crippen molar-refractivity contribution >= 4 is 33.3 Å². The van der Waals surface area contributed by atoms with Crippen LogP contribution in [0, 0.1) is 11.6 Å². The summed E-state index contributed by atoms with van der Waals surface area (Å²) in [6.07, 6.45) is 0. The van der Waals surface area contributed by atoms with Crippen molar-refractivity contribution < 1.29 is 31.5 Å². The van der Waals surface area contributed by atoms with Crippen LogP contribution >= 0.6 is 0 Å². The molecule has 0 unspecified atom stereocenters. The Bertz CT molecular complexity index is 962. The van der Waals surface area contributed by atoms with Crippen molar-refractivity contribution in [3.63, 3.8) is 0 Å². The molecule has 10 heteroatoms. The molecule has 0 saturated carbocycles. The van der Waals surface area contributed by atoms with Crippen LogP contribution in [0.4, 0.5) is 20.2 Å². The molecule has 1 N–H and O–H groups in total. The molecule has 2 aromatic carbocycles. The average Bonchev–Trinajstić information content (AvgIpc) is 2.60. The number of hydrogen-bond acceptors (Lipinski definition) is 5. The molecule has 0 aliphatic heterocycles. The smallest absolute Gasteiger partial charge is 0.326 e. The lowest BCUT2D eigenvalue weighted by atomic mass is 10.3. The zero-order chi connectivity index (χ0) is 20.2. The molecule has 0 radical (unpaired) electrons. The highest BCUT2D eigenvalue weighted by atomic mass is 32.2. The van der Waals surface area contributed by atoms with Crippen LogP contribution in [-0.2, 0) is 24.3 Å². The maximum Gasteiger partial charge on any atom is 0.326 e. The van der Waals surface area contributed by atoms with Gasteiger partial charge in [-0.1, -0.05) is 0 Å². The Hall–Kier alpha value is -3.01. The van der Waals surface area contributed by atoms with E-state index in [4.69, 9.17) is 0 Å². The molecular formula is C17H16F2N2O5S. The maximum atomic E-state index is 14.2. The first-order valence-electron chi connectivity index (χ1n) is 7.57. The summed E-state index contributed by atoms with van der Waals surface area (Å²) < 4.78 is 58.1. The second-order valence-electron chi connectivity index (χ2n) is 5.39. The van der Waals surface area contributed by atoms with Crippen LogP contribution in [0.5, 0.6) is 0 Å². The molecule has 0 aliphatic rings. The van der Waals surface area contributed by atoms with E-state index in [-0.39, 0.29) is 10.8 Å². The number of esters is 1. The van der Waals surface area contributed by atoms with Gasteiger partial charge in [0.15, 0.2) is 0 Å². The number of carbonyl (C=O) groups excluding carboxylic acids is 2. The van der Waals surface area contributed by atoms with E-state index in [0.717, 1.165) is 19.2 Å². The van der Waals surface area contributed by atoms with Gasteiger partial charge in [0.2, 0.25) is 5.91 Å². The van der Waals surface area contributed by atoms with Crippen LogP contribution in [0.3, 0.4) is 0 Å². The largest absolute Gasteiger partial charge is 0.468 e. The number of nitrogens with one attached hydrogen (secondary N) is 1. The third-order valence-corrected chi connectivity index (χ3v) is 5.22. The standard InChI is InChI=1S/C17H16F2N2O5S/c1-11(22)20-13-4-6-14(7-5-13)27(24,25)21(10-17(23)26-2)16-8-3-12(18)9-15(16)19/h3-9H,10H2,1-2H3,(H,20,22). The number of hydrogen-bond donors (Lipinski definition) is 1. The summed E-state index contributed by atoms with van der Waals surface area (Å²) in [6, 6.07) is 7.35. The van der Waals surface area contributed by atoms with E-state index in [1.807, 2.05) is 0 Å². The van der Waals surface area contributed by atoms with Gasteiger partial charge in [0.25, 0.3) is 10.0 Å². The molecule has 2 aromatic rings. The lowest BCUT2D eigenvalue weighted by Gasteiger charge is -2.24. The van der Waals surface area contributed by atoms with Crippen molar-refractivity contribution in [3.05, 3.63) is 54.1 Å². The topological polar surface area (TPSA) is 92.8 Å². The minimum Gasteiger partial charge on any atom is -0.468 e. The van der Waals surface area contributed by atoms with E-state index < -0.39 is 39.9 Å². The van der Waals surface area contributed by atoms with Gasteiger partial charge in [-0.15, -0.1) is 0 Å². The molecule has 0 fully saturated rings. The van der Waals surface area contributed by atoms with Gasteiger partial charge in [0, 0.05) is 18.7 Å². The van der Waals surface area contributed by atoms with Gasteiger partial charge in [-0.2, -0.15) is 0 Å². The van der Waals surface area contributed by atoms with Crippen molar-refractivity contribution in [2.75, 3.05) is 23.3 Å². The van der Waals surface area contributed by atoms with Crippen LogP contribution in [0.25, 0.3) is 0 Å². The van der Waals surface area contributed by atoms with Crippen LogP contribution in [0.15, 0.2) is 47.4 Å². The zero-order valence-corrected chi connectivity index (χ0v) is 15.2. The van der Waals surface area contributed by atoms with Gasteiger partial charge in [-0.3, -0.25) is 13.9 Å². The maximum absolute atomic E-state index is 14.2. The van der Waals surface area contributed by atoms with Crippen molar-refractivity contribution in [3.8, 4) is 0 Å². The number of benzene rings is 2. The molecule has 0 spiro atoms. The van der Waals surface area contributed by atoms with Crippen molar-refractivity contribution in [2.24, 2.45) is 0 Å². The van der Waals surface area contributed by atoms with E-state index in [2.05, 4.69) is 10.1 Å². The van der Waals surface area contributed by atoms with Crippen molar-refractivity contribution in [1.29, 1.82) is 0 Å². The SMILES string of the molecule is COC(=O)CN(c1ccc(F)cc1F)S(=O)(=O)c1ccc(NC(C)=O)cc1. The molecule has 0 atom stereocenters. The Morgan fingerprint density at radius 1 is 1.11 bits per heavy atom. The summed E-state index contributed by atoms with van der Waals surface area (Å²) in [7, 11) is -3.33. The molecule has 0 heterocycles. The fraction of sp³-hybridized carbons (Fsp3) is 0.176. The summed E-state index contributed by atoms with van der Waals surface area (Å²) in [5.74, 6) is -3.33. The van der Waals surface area contributed by atoms with Crippen LogP contribution in [-0.4, -0.2) is 33.9 Å². The van der Waals surface area contributed by atoms with Gasteiger partial charge >= 0.3 is 5.97 Å². The molecule has 1 amide bonds. The number of amides is 1. The Kier molecular flexibility index (Phi) is 6.11. The van der Waals surface area contributed by atoms with E-state index in [1.165, 1.54) is 31.2 Å². The van der Waals surface area contributed by atoms with Crippen LogP contribution in [0.1, 0.15) is 6.92 Å². The molecule has 27 heavy (non-hydrogen) atoms. The molecule has 2 rings (SSSR count). The predicted octanol–water partition coefficient (Wildman–Crippen LogP) is 2.29. The van der Waals surface area contributed by atoms with E-state index >= 15 is 0 Å². The second-order valence-corrected chi connectivity index (χ2v) is 7.25. The summed E-state index contributed by atoms with van der Waals surface area (Å²) in [5, 5.41) is 2.48. The van der Waals surface area contributed by atoms with E-state index in [0.29, 0.717) is 16.1 Å². The fourth-order valence-electron chi connectivity index (χ4n) is 2.21. The zero-order valence-electron chi connectivity index (χ0n) is 14.4. The Morgan fingerprint density at radius 3 is 2.26 bits per heavy atom. The second kappa shape index (κ2) is 8.12. The first kappa shape index (κ1) is 20.3. The Labute approximate surface area is 154 Å². The summed E-state index contributed by atoms with van der Waals surface area (Å²) >= 11 is 0. The number of methoxy groups -OCH3 is 1. The van der Waals surface area contributed by atoms with Crippen LogP contribution in [0.2, 0.25) is 0 Å². The minimum atomic E-state index is -4.38. The van der Waals surface area contributed by atoms with E-state index in [9.17, 15) is 26.8 Å². The first-order chi connectivity index (χ1) is 12.6. The molecular weight excluding hydrogens is 382 g/mol. The first-order valence-corrected chi connectivity index (χ1v) is 9.01. The summed E-state index contributed by atoms with van der Waals surface area (Å²) in [5.41, 5.74) is -0.151. The molecule has 0 bridgehead atoms.